The Morgan fingerprint density at radius 2 is 2.08 bits per heavy atom. The number of aldehydes is 1. The molecular formula is C8H11NO3. The summed E-state index contributed by atoms with van der Waals surface area (Å²) in [6.45, 7) is 3.30. The summed E-state index contributed by atoms with van der Waals surface area (Å²) in [5.74, 6) is -0.503. The molecule has 0 bridgehead atoms. The van der Waals surface area contributed by atoms with Crippen LogP contribution in [0, 0.1) is 5.41 Å². The Kier molecular flexibility index (Phi) is 2.00. The summed E-state index contributed by atoms with van der Waals surface area (Å²) in [5.41, 5.74) is -0.625. The molecule has 12 heavy (non-hydrogen) atoms. The lowest BCUT2D eigenvalue weighted by molar-refractivity contribution is -0.142. The Hall–Kier alpha value is -1.19. The first-order valence-corrected chi connectivity index (χ1v) is 3.77. The third-order valence-electron chi connectivity index (χ3n) is 1.98. The van der Waals surface area contributed by atoms with Gasteiger partial charge in [0.2, 0.25) is 11.8 Å². The van der Waals surface area contributed by atoms with Crippen LogP contribution in [0.2, 0.25) is 0 Å². The van der Waals surface area contributed by atoms with E-state index in [2.05, 4.69) is 0 Å². The second-order valence-corrected chi connectivity index (χ2v) is 3.54. The van der Waals surface area contributed by atoms with Crippen molar-refractivity contribution in [1.82, 2.24) is 4.90 Å². The number of rotatable bonds is 2. The molecule has 0 radical (unpaired) electrons. The molecule has 2 amide bonds. The fraction of sp³-hybridized carbons (Fsp3) is 0.625. The summed E-state index contributed by atoms with van der Waals surface area (Å²) in [5, 5.41) is 0. The molecule has 1 saturated heterocycles. The van der Waals surface area contributed by atoms with Crippen molar-refractivity contribution in [2.24, 2.45) is 5.41 Å². The predicted molar refractivity (Wildman–Crippen MR) is 41.2 cm³/mol. The molecule has 0 saturated carbocycles. The van der Waals surface area contributed by atoms with Gasteiger partial charge in [0.05, 0.1) is 12.0 Å². The van der Waals surface area contributed by atoms with Gasteiger partial charge in [-0.3, -0.25) is 14.5 Å². The molecule has 0 aromatic rings. The number of hydrogen-bond acceptors (Lipinski definition) is 3. The summed E-state index contributed by atoms with van der Waals surface area (Å²) in [7, 11) is 0. The molecule has 1 heterocycles. The SMILES string of the molecule is CC1(C)CC(=O)N(CC=O)C1=O. The predicted octanol–water partition coefficient (Wildman–Crippen LogP) is -0.0296. The van der Waals surface area contributed by atoms with Gasteiger partial charge in [-0.15, -0.1) is 0 Å². The van der Waals surface area contributed by atoms with E-state index in [1.807, 2.05) is 0 Å². The van der Waals surface area contributed by atoms with Crippen molar-refractivity contribution in [3.05, 3.63) is 0 Å². The molecule has 0 aromatic heterocycles. The van der Waals surface area contributed by atoms with Crippen LogP contribution in [-0.4, -0.2) is 29.5 Å². The number of carbonyl (C=O) groups is 3. The minimum absolute atomic E-state index is 0.110. The Bertz CT molecular complexity index is 245. The number of imide groups is 1. The molecule has 0 aliphatic carbocycles. The van der Waals surface area contributed by atoms with E-state index >= 15 is 0 Å². The Morgan fingerprint density at radius 3 is 2.42 bits per heavy atom. The van der Waals surface area contributed by atoms with E-state index in [9.17, 15) is 14.4 Å². The molecule has 0 unspecified atom stereocenters. The van der Waals surface area contributed by atoms with Crippen LogP contribution in [0.3, 0.4) is 0 Å². The number of likely N-dealkylation sites (tertiary alicyclic amines) is 1. The maximum atomic E-state index is 11.4. The lowest BCUT2D eigenvalue weighted by atomic mass is 9.92. The van der Waals surface area contributed by atoms with Crippen LogP contribution in [0.1, 0.15) is 20.3 Å². The van der Waals surface area contributed by atoms with Crippen LogP contribution >= 0.6 is 0 Å². The second kappa shape index (κ2) is 2.69. The van der Waals surface area contributed by atoms with E-state index in [-0.39, 0.29) is 24.8 Å². The maximum Gasteiger partial charge on any atom is 0.235 e. The second-order valence-electron chi connectivity index (χ2n) is 3.54. The summed E-state index contributed by atoms with van der Waals surface area (Å²) in [6, 6.07) is 0. The van der Waals surface area contributed by atoms with Crippen LogP contribution in [0.25, 0.3) is 0 Å². The highest BCUT2D eigenvalue weighted by molar-refractivity contribution is 6.06. The van der Waals surface area contributed by atoms with E-state index in [1.165, 1.54) is 0 Å². The largest absolute Gasteiger partial charge is 0.301 e. The number of amides is 2. The first-order valence-electron chi connectivity index (χ1n) is 3.77. The minimum atomic E-state index is -0.625. The van der Waals surface area contributed by atoms with Crippen LogP contribution in [0.15, 0.2) is 0 Å². The van der Waals surface area contributed by atoms with Gasteiger partial charge < -0.3 is 4.79 Å². The zero-order chi connectivity index (χ0) is 9.35. The van der Waals surface area contributed by atoms with E-state index < -0.39 is 5.41 Å². The standard InChI is InChI=1S/C8H11NO3/c1-8(2)5-6(11)9(3-4-10)7(8)12/h4H,3,5H2,1-2H3. The van der Waals surface area contributed by atoms with Gasteiger partial charge in [0, 0.05) is 6.42 Å². The van der Waals surface area contributed by atoms with E-state index in [1.54, 1.807) is 13.8 Å². The zero-order valence-electron chi connectivity index (χ0n) is 7.16. The van der Waals surface area contributed by atoms with Crippen molar-refractivity contribution in [3.8, 4) is 0 Å². The fourth-order valence-corrected chi connectivity index (χ4v) is 1.29. The lowest BCUT2D eigenvalue weighted by Crippen LogP contribution is -2.34. The highest BCUT2D eigenvalue weighted by Crippen LogP contribution is 2.30. The summed E-state index contributed by atoms with van der Waals surface area (Å²) < 4.78 is 0. The van der Waals surface area contributed by atoms with Crippen LogP contribution in [0.5, 0.6) is 0 Å². The zero-order valence-corrected chi connectivity index (χ0v) is 7.16. The fourth-order valence-electron chi connectivity index (χ4n) is 1.29. The van der Waals surface area contributed by atoms with Gasteiger partial charge in [-0.2, -0.15) is 0 Å². The van der Waals surface area contributed by atoms with Gasteiger partial charge in [-0.1, -0.05) is 13.8 Å². The van der Waals surface area contributed by atoms with Gasteiger partial charge in [-0.05, 0) is 0 Å². The van der Waals surface area contributed by atoms with E-state index in [0.29, 0.717) is 6.29 Å². The number of hydrogen-bond donors (Lipinski definition) is 0. The molecule has 0 N–H and O–H groups in total. The molecule has 4 nitrogen and oxygen atoms in total. The lowest BCUT2D eigenvalue weighted by Gasteiger charge is -2.14. The Balaban J connectivity index is 2.85. The molecule has 1 aliphatic heterocycles. The highest BCUT2D eigenvalue weighted by Gasteiger charge is 2.44. The number of carbonyl (C=O) groups excluding carboxylic acids is 3. The smallest absolute Gasteiger partial charge is 0.235 e. The topological polar surface area (TPSA) is 54.5 Å². The normalized spacial score (nSPS) is 21.7. The van der Waals surface area contributed by atoms with Crippen molar-refractivity contribution in [2.45, 2.75) is 20.3 Å². The first kappa shape index (κ1) is 8.90. The van der Waals surface area contributed by atoms with Crippen molar-refractivity contribution in [1.29, 1.82) is 0 Å². The summed E-state index contributed by atoms with van der Waals surface area (Å²) in [4.78, 5) is 33.6. The van der Waals surface area contributed by atoms with Crippen molar-refractivity contribution >= 4 is 18.1 Å². The Labute approximate surface area is 70.5 Å². The molecular weight excluding hydrogens is 158 g/mol. The first-order chi connectivity index (χ1) is 5.49. The molecule has 1 aliphatic rings. The van der Waals surface area contributed by atoms with Gasteiger partial charge in [0.1, 0.15) is 6.29 Å². The minimum Gasteiger partial charge on any atom is -0.301 e. The van der Waals surface area contributed by atoms with Gasteiger partial charge >= 0.3 is 0 Å². The van der Waals surface area contributed by atoms with Crippen LogP contribution < -0.4 is 0 Å². The molecule has 0 spiro atoms. The molecule has 4 heteroatoms. The van der Waals surface area contributed by atoms with Gasteiger partial charge in [0.15, 0.2) is 0 Å². The molecule has 0 atom stereocenters. The number of nitrogens with zero attached hydrogens (tertiary/aromatic N) is 1. The van der Waals surface area contributed by atoms with Crippen molar-refractivity contribution < 1.29 is 14.4 Å². The van der Waals surface area contributed by atoms with E-state index in [4.69, 9.17) is 0 Å². The van der Waals surface area contributed by atoms with Gasteiger partial charge in [-0.25, -0.2) is 0 Å². The summed E-state index contributed by atoms with van der Waals surface area (Å²) in [6.07, 6.45) is 0.775. The van der Waals surface area contributed by atoms with Crippen LogP contribution in [0.4, 0.5) is 0 Å². The summed E-state index contributed by atoms with van der Waals surface area (Å²) >= 11 is 0. The quantitative estimate of drug-likeness (QED) is 0.431. The van der Waals surface area contributed by atoms with E-state index in [0.717, 1.165) is 4.90 Å². The third-order valence-corrected chi connectivity index (χ3v) is 1.98. The average Bonchev–Trinajstić information content (AvgIpc) is 2.13. The maximum absolute atomic E-state index is 11.4. The molecule has 0 aromatic carbocycles. The molecule has 1 fully saturated rings. The molecule has 1 rings (SSSR count). The van der Waals surface area contributed by atoms with Gasteiger partial charge in [0.25, 0.3) is 0 Å². The Morgan fingerprint density at radius 1 is 1.50 bits per heavy atom. The average molecular weight is 169 g/mol. The monoisotopic (exact) mass is 169 g/mol. The van der Waals surface area contributed by atoms with Crippen molar-refractivity contribution in [2.75, 3.05) is 6.54 Å². The molecule has 66 valence electrons. The van der Waals surface area contributed by atoms with Crippen molar-refractivity contribution in [3.63, 3.8) is 0 Å². The highest BCUT2D eigenvalue weighted by atomic mass is 16.2. The van der Waals surface area contributed by atoms with Crippen LogP contribution in [-0.2, 0) is 14.4 Å². The third kappa shape index (κ3) is 1.24.